The Kier molecular flexibility index (Phi) is 7.16. The van der Waals surface area contributed by atoms with Crippen LogP contribution in [0.2, 0.25) is 5.02 Å². The number of nitrogens with zero attached hydrogens (tertiary/aromatic N) is 2. The maximum absolute atomic E-state index is 12.7. The van der Waals surface area contributed by atoms with Crippen molar-refractivity contribution >= 4 is 51.3 Å². The maximum Gasteiger partial charge on any atom is 0.343 e. The van der Waals surface area contributed by atoms with Gasteiger partial charge in [-0.15, -0.1) is 11.3 Å². The SMILES string of the molecule is CCOC(=O)c1c(-n2[nH]c(=O)cc2N)csc1NC(=O)C(C#N)NNc1ccc(Cl)cc1. The second kappa shape index (κ2) is 10.0. The summed E-state index contributed by atoms with van der Waals surface area (Å²) in [5, 5.41) is 16.6. The summed E-state index contributed by atoms with van der Waals surface area (Å²) in [7, 11) is 0. The Morgan fingerprint density at radius 3 is 2.69 bits per heavy atom. The van der Waals surface area contributed by atoms with Crippen molar-refractivity contribution in [1.82, 2.24) is 15.2 Å². The van der Waals surface area contributed by atoms with Gasteiger partial charge in [0, 0.05) is 22.2 Å². The van der Waals surface area contributed by atoms with Crippen LogP contribution in [-0.2, 0) is 9.53 Å². The van der Waals surface area contributed by atoms with E-state index < -0.39 is 23.5 Å². The zero-order valence-corrected chi connectivity index (χ0v) is 18.2. The zero-order chi connectivity index (χ0) is 23.3. The van der Waals surface area contributed by atoms with Crippen LogP contribution in [0.1, 0.15) is 17.3 Å². The van der Waals surface area contributed by atoms with Crippen molar-refractivity contribution < 1.29 is 14.3 Å². The molecule has 0 saturated heterocycles. The van der Waals surface area contributed by atoms with Gasteiger partial charge in [-0.05, 0) is 31.2 Å². The molecule has 6 N–H and O–H groups in total. The van der Waals surface area contributed by atoms with Crippen LogP contribution in [0.4, 0.5) is 16.5 Å². The Balaban J connectivity index is 1.83. The quantitative estimate of drug-likeness (QED) is 0.244. The number of nitrogens with two attached hydrogens (primary N) is 1. The molecule has 0 fully saturated rings. The first-order valence-corrected chi connectivity index (χ1v) is 10.4. The van der Waals surface area contributed by atoms with E-state index >= 15 is 0 Å². The largest absolute Gasteiger partial charge is 0.462 e. The monoisotopic (exact) mass is 475 g/mol. The van der Waals surface area contributed by atoms with Gasteiger partial charge in [0.2, 0.25) is 0 Å². The van der Waals surface area contributed by atoms with E-state index in [1.54, 1.807) is 31.2 Å². The molecule has 1 atom stereocenters. The van der Waals surface area contributed by atoms with Crippen molar-refractivity contribution in [3.63, 3.8) is 0 Å². The average Bonchev–Trinajstić information content (AvgIpc) is 3.31. The lowest BCUT2D eigenvalue weighted by Gasteiger charge is -2.14. The number of aromatic amines is 1. The molecule has 0 radical (unpaired) electrons. The number of H-pyrrole nitrogens is 1. The Morgan fingerprint density at radius 1 is 1.38 bits per heavy atom. The number of carbonyl (C=O) groups is 2. The van der Waals surface area contributed by atoms with E-state index in [-0.39, 0.29) is 28.7 Å². The molecule has 1 unspecified atom stereocenters. The normalized spacial score (nSPS) is 11.4. The van der Waals surface area contributed by atoms with Gasteiger partial charge in [-0.3, -0.25) is 14.7 Å². The average molecular weight is 476 g/mol. The van der Waals surface area contributed by atoms with Gasteiger partial charge in [-0.25, -0.2) is 14.9 Å². The van der Waals surface area contributed by atoms with Gasteiger partial charge >= 0.3 is 5.97 Å². The molecule has 0 aliphatic heterocycles. The minimum atomic E-state index is -1.30. The van der Waals surface area contributed by atoms with Crippen molar-refractivity contribution in [3.05, 3.63) is 56.7 Å². The fraction of sp³-hybridized carbons (Fsp3) is 0.158. The second-order valence-electron chi connectivity index (χ2n) is 6.25. The number of aromatic nitrogens is 2. The number of amides is 1. The van der Waals surface area contributed by atoms with Crippen LogP contribution in [0.3, 0.4) is 0 Å². The molecule has 11 nitrogen and oxygen atoms in total. The molecule has 13 heteroatoms. The molecule has 1 aromatic carbocycles. The molecular weight excluding hydrogens is 458 g/mol. The summed E-state index contributed by atoms with van der Waals surface area (Å²) in [4.78, 5) is 36.9. The van der Waals surface area contributed by atoms with Gasteiger partial charge in [-0.2, -0.15) is 5.26 Å². The highest BCUT2D eigenvalue weighted by Crippen LogP contribution is 2.32. The number of carbonyl (C=O) groups excluding carboxylic acids is 2. The lowest BCUT2D eigenvalue weighted by molar-refractivity contribution is -0.116. The van der Waals surface area contributed by atoms with E-state index in [4.69, 9.17) is 22.1 Å². The summed E-state index contributed by atoms with van der Waals surface area (Å²) in [5.74, 6) is -1.38. The predicted molar refractivity (Wildman–Crippen MR) is 121 cm³/mol. The van der Waals surface area contributed by atoms with Crippen LogP contribution in [0.15, 0.2) is 40.5 Å². The van der Waals surface area contributed by atoms with Gasteiger partial charge in [0.1, 0.15) is 16.4 Å². The molecule has 0 saturated carbocycles. The van der Waals surface area contributed by atoms with E-state index in [1.807, 2.05) is 6.07 Å². The van der Waals surface area contributed by atoms with Gasteiger partial charge in [-0.1, -0.05) is 11.6 Å². The molecule has 32 heavy (non-hydrogen) atoms. The molecule has 166 valence electrons. The second-order valence-corrected chi connectivity index (χ2v) is 7.57. The first-order chi connectivity index (χ1) is 15.3. The summed E-state index contributed by atoms with van der Waals surface area (Å²) >= 11 is 6.84. The Morgan fingerprint density at radius 2 is 2.09 bits per heavy atom. The minimum Gasteiger partial charge on any atom is -0.462 e. The van der Waals surface area contributed by atoms with Gasteiger partial charge < -0.3 is 21.2 Å². The molecule has 1 amide bonds. The molecule has 3 rings (SSSR count). The topological polar surface area (TPSA) is 167 Å². The highest BCUT2D eigenvalue weighted by atomic mass is 35.5. The van der Waals surface area contributed by atoms with Gasteiger partial charge in [0.25, 0.3) is 11.5 Å². The predicted octanol–water partition coefficient (Wildman–Crippen LogP) is 2.09. The molecule has 0 aliphatic rings. The number of anilines is 3. The van der Waals surface area contributed by atoms with Crippen LogP contribution >= 0.6 is 22.9 Å². The van der Waals surface area contributed by atoms with Crippen molar-refractivity contribution in [1.29, 1.82) is 5.26 Å². The number of ether oxygens (including phenoxy) is 1. The third-order valence-electron chi connectivity index (χ3n) is 4.08. The zero-order valence-electron chi connectivity index (χ0n) is 16.6. The van der Waals surface area contributed by atoms with Gasteiger partial charge in [0.05, 0.1) is 18.4 Å². The smallest absolute Gasteiger partial charge is 0.343 e. The lowest BCUT2D eigenvalue weighted by atomic mass is 10.2. The Labute approximate surface area is 190 Å². The molecule has 0 bridgehead atoms. The van der Waals surface area contributed by atoms with Gasteiger partial charge in [0.15, 0.2) is 6.04 Å². The Bertz CT molecular complexity index is 1230. The number of nitriles is 1. The third-order valence-corrected chi connectivity index (χ3v) is 5.22. The lowest BCUT2D eigenvalue weighted by Crippen LogP contribution is -2.42. The standard InChI is InChI=1S/C19H18ClN7O4S/c1-2-31-19(30)16-13(27-14(22)7-15(28)26-27)9-32-18(16)23-17(29)12(8-21)25-24-11-5-3-10(20)4-6-11/h3-7,9,12,24-25H,2,22H2,1H3,(H,23,29)(H,26,28). The number of hydrogen-bond donors (Lipinski definition) is 5. The fourth-order valence-electron chi connectivity index (χ4n) is 2.64. The number of nitrogens with one attached hydrogen (secondary N) is 4. The van der Waals surface area contributed by atoms with Crippen molar-refractivity contribution in [2.45, 2.75) is 13.0 Å². The number of nitrogen functional groups attached to an aromatic ring is 1. The highest BCUT2D eigenvalue weighted by Gasteiger charge is 2.26. The molecule has 2 aromatic heterocycles. The Hall–Kier alpha value is -3.79. The number of esters is 1. The first kappa shape index (κ1) is 22.9. The van der Waals surface area contributed by atoms with Crippen LogP contribution in [0.5, 0.6) is 0 Å². The molecule has 3 aromatic rings. The summed E-state index contributed by atoms with van der Waals surface area (Å²) < 4.78 is 6.30. The van der Waals surface area contributed by atoms with E-state index in [1.165, 1.54) is 10.1 Å². The summed E-state index contributed by atoms with van der Waals surface area (Å²) in [6, 6.07) is 8.29. The molecule has 0 aliphatic carbocycles. The number of benzene rings is 1. The summed E-state index contributed by atoms with van der Waals surface area (Å²) in [5.41, 5.74) is 11.5. The number of thiophene rings is 1. The third kappa shape index (κ3) is 5.09. The molecule has 0 spiro atoms. The molecular formula is C19H18ClN7O4S. The fourth-order valence-corrected chi connectivity index (χ4v) is 3.68. The van der Waals surface area contributed by atoms with Crippen molar-refractivity contribution in [2.24, 2.45) is 0 Å². The van der Waals surface area contributed by atoms with Crippen LogP contribution in [-0.4, -0.2) is 34.3 Å². The summed E-state index contributed by atoms with van der Waals surface area (Å²) in [6.45, 7) is 1.72. The van der Waals surface area contributed by atoms with Crippen molar-refractivity contribution in [3.8, 4) is 11.8 Å². The number of halogens is 1. The highest BCUT2D eigenvalue weighted by molar-refractivity contribution is 7.15. The van der Waals surface area contributed by atoms with Crippen molar-refractivity contribution in [2.75, 3.05) is 23.1 Å². The van der Waals surface area contributed by atoms with E-state index in [0.29, 0.717) is 10.7 Å². The number of hydrogen-bond acceptors (Lipinski definition) is 9. The van der Waals surface area contributed by atoms with Crippen LogP contribution < -0.4 is 27.5 Å². The summed E-state index contributed by atoms with van der Waals surface area (Å²) in [6.07, 6.45) is 0. The van der Waals surface area contributed by atoms with Crippen LogP contribution in [0.25, 0.3) is 5.69 Å². The maximum atomic E-state index is 12.7. The number of hydrazine groups is 1. The van der Waals surface area contributed by atoms with E-state index in [0.717, 1.165) is 17.4 Å². The first-order valence-electron chi connectivity index (χ1n) is 9.18. The van der Waals surface area contributed by atoms with E-state index in [2.05, 4.69) is 21.3 Å². The molecule has 2 heterocycles. The van der Waals surface area contributed by atoms with Crippen LogP contribution in [0, 0.1) is 11.3 Å². The van der Waals surface area contributed by atoms with E-state index in [9.17, 15) is 19.6 Å². The minimum absolute atomic E-state index is 0.00824. The number of rotatable bonds is 8.